The van der Waals surface area contributed by atoms with Gasteiger partial charge in [0.15, 0.2) is 0 Å². The Morgan fingerprint density at radius 2 is 1.31 bits per heavy atom. The molecule has 0 heterocycles. The summed E-state index contributed by atoms with van der Waals surface area (Å²) in [5.41, 5.74) is 2.40. The summed E-state index contributed by atoms with van der Waals surface area (Å²) >= 11 is 14.1. The van der Waals surface area contributed by atoms with Crippen molar-refractivity contribution < 1.29 is 10.2 Å². The number of hydrogen-bond acceptors (Lipinski definition) is 2. The van der Waals surface area contributed by atoms with Crippen LogP contribution < -0.4 is 0 Å². The monoisotopic (exact) mass is 650 g/mol. The first-order chi connectivity index (χ1) is 13.5. The van der Waals surface area contributed by atoms with Crippen LogP contribution in [0.2, 0.25) is 0 Å². The normalized spacial score (nSPS) is 19.3. The predicted octanol–water partition coefficient (Wildman–Crippen LogP) is 9.06. The van der Waals surface area contributed by atoms with E-state index in [0.29, 0.717) is 23.8 Å². The molecule has 158 valence electrons. The zero-order chi connectivity index (χ0) is 21.6. The van der Waals surface area contributed by atoms with Gasteiger partial charge < -0.3 is 10.2 Å². The molecular formula is C23H26Br4O2. The van der Waals surface area contributed by atoms with E-state index in [1.165, 1.54) is 17.5 Å². The first-order valence-electron chi connectivity index (χ1n) is 9.89. The largest absolute Gasteiger partial charge is 0.506 e. The number of hydrogen-bond donors (Lipinski definition) is 2. The topological polar surface area (TPSA) is 40.5 Å². The first-order valence-corrected chi connectivity index (χ1v) is 13.1. The summed E-state index contributed by atoms with van der Waals surface area (Å²) in [7, 11) is 0. The molecule has 1 aliphatic carbocycles. The Balaban J connectivity index is 2.25. The van der Waals surface area contributed by atoms with Gasteiger partial charge in [-0.15, -0.1) is 0 Å². The lowest BCUT2D eigenvalue weighted by atomic mass is 9.57. The lowest BCUT2D eigenvalue weighted by Crippen LogP contribution is -2.39. The molecule has 29 heavy (non-hydrogen) atoms. The fraction of sp³-hybridized carbons (Fsp3) is 0.478. The standard InChI is InChI=1S/C23H26Br4O2/c1-4-22(2,3)13-6-5-7-23(12-13,14-8-16(24)20(28)17(25)9-14)15-10-18(26)21(29)19(27)11-15/h8-11,13,28-29H,4-7,12H2,1-3H3. The van der Waals surface area contributed by atoms with Crippen molar-refractivity contribution >= 4 is 63.7 Å². The van der Waals surface area contributed by atoms with E-state index >= 15 is 0 Å². The van der Waals surface area contributed by atoms with E-state index in [1.54, 1.807) is 0 Å². The minimum atomic E-state index is -0.202. The van der Waals surface area contributed by atoms with E-state index in [0.717, 1.165) is 25.7 Å². The molecule has 6 heteroatoms. The van der Waals surface area contributed by atoms with Gasteiger partial charge in [-0.05, 0) is 130 Å². The fourth-order valence-corrected chi connectivity index (χ4v) is 6.98. The summed E-state index contributed by atoms with van der Waals surface area (Å²) in [4.78, 5) is 0. The Labute approximate surface area is 207 Å². The van der Waals surface area contributed by atoms with Crippen LogP contribution in [0, 0.1) is 11.3 Å². The van der Waals surface area contributed by atoms with Crippen LogP contribution in [-0.4, -0.2) is 10.2 Å². The Morgan fingerprint density at radius 1 is 0.897 bits per heavy atom. The molecule has 1 unspecified atom stereocenters. The average molecular weight is 654 g/mol. The molecular weight excluding hydrogens is 628 g/mol. The molecule has 1 saturated carbocycles. The number of phenols is 2. The number of rotatable bonds is 4. The molecule has 0 saturated heterocycles. The van der Waals surface area contributed by atoms with Crippen molar-refractivity contribution in [2.24, 2.45) is 11.3 Å². The smallest absolute Gasteiger partial charge is 0.143 e. The van der Waals surface area contributed by atoms with Gasteiger partial charge in [0.05, 0.1) is 17.9 Å². The van der Waals surface area contributed by atoms with E-state index < -0.39 is 0 Å². The molecule has 0 amide bonds. The van der Waals surface area contributed by atoms with Gasteiger partial charge in [-0.2, -0.15) is 0 Å². The molecule has 0 aromatic heterocycles. The Kier molecular flexibility index (Phi) is 7.20. The van der Waals surface area contributed by atoms with E-state index in [1.807, 2.05) is 0 Å². The van der Waals surface area contributed by atoms with Crippen molar-refractivity contribution in [2.75, 3.05) is 0 Å². The maximum atomic E-state index is 10.3. The highest BCUT2D eigenvalue weighted by Crippen LogP contribution is 2.54. The van der Waals surface area contributed by atoms with Gasteiger partial charge in [0.1, 0.15) is 11.5 Å². The van der Waals surface area contributed by atoms with Crippen LogP contribution in [0.3, 0.4) is 0 Å². The van der Waals surface area contributed by atoms with Crippen LogP contribution in [0.1, 0.15) is 64.0 Å². The first kappa shape index (κ1) is 23.6. The second-order valence-corrected chi connectivity index (χ2v) is 12.2. The van der Waals surface area contributed by atoms with Gasteiger partial charge in [-0.1, -0.05) is 33.6 Å². The van der Waals surface area contributed by atoms with Crippen LogP contribution in [0.15, 0.2) is 42.2 Å². The van der Waals surface area contributed by atoms with Crippen LogP contribution in [0.4, 0.5) is 0 Å². The number of phenolic OH excluding ortho intramolecular Hbond substituents is 2. The third-order valence-electron chi connectivity index (χ3n) is 6.91. The molecule has 0 radical (unpaired) electrons. The SMILES string of the molecule is CCC(C)(C)C1CCCC(c2cc(Br)c(O)c(Br)c2)(c2cc(Br)c(O)c(Br)c2)C1. The van der Waals surface area contributed by atoms with E-state index in [9.17, 15) is 10.2 Å². The molecule has 0 bridgehead atoms. The molecule has 2 N–H and O–H groups in total. The third-order valence-corrected chi connectivity index (χ3v) is 9.32. The molecule has 2 aromatic carbocycles. The second-order valence-electron chi connectivity index (χ2n) is 8.79. The Bertz CT molecular complexity index is 820. The van der Waals surface area contributed by atoms with Crippen LogP contribution in [-0.2, 0) is 5.41 Å². The van der Waals surface area contributed by atoms with Crippen LogP contribution in [0.25, 0.3) is 0 Å². The molecule has 3 rings (SSSR count). The second kappa shape index (κ2) is 8.84. The number of aromatic hydroxyl groups is 2. The predicted molar refractivity (Wildman–Crippen MR) is 134 cm³/mol. The van der Waals surface area contributed by atoms with Gasteiger partial charge in [-0.3, -0.25) is 0 Å². The zero-order valence-electron chi connectivity index (χ0n) is 16.8. The molecule has 1 fully saturated rings. The van der Waals surface area contributed by atoms with Crippen molar-refractivity contribution in [2.45, 2.75) is 58.3 Å². The average Bonchev–Trinajstić information content (AvgIpc) is 2.69. The van der Waals surface area contributed by atoms with Gasteiger partial charge in [0.25, 0.3) is 0 Å². The number of benzene rings is 2. The van der Waals surface area contributed by atoms with E-state index in [4.69, 9.17) is 0 Å². The molecule has 2 aromatic rings. The third kappa shape index (κ3) is 4.47. The molecule has 1 aliphatic rings. The highest BCUT2D eigenvalue weighted by atomic mass is 79.9. The van der Waals surface area contributed by atoms with Crippen molar-refractivity contribution in [3.8, 4) is 11.5 Å². The lowest BCUT2D eigenvalue weighted by Gasteiger charge is -2.47. The summed E-state index contributed by atoms with van der Waals surface area (Å²) in [6.45, 7) is 7.02. The highest BCUT2D eigenvalue weighted by molar-refractivity contribution is 9.11. The Hall–Kier alpha value is -0.0400. The van der Waals surface area contributed by atoms with Gasteiger partial charge in [0, 0.05) is 5.41 Å². The van der Waals surface area contributed by atoms with Crippen molar-refractivity contribution in [1.29, 1.82) is 0 Å². The van der Waals surface area contributed by atoms with Crippen LogP contribution in [0.5, 0.6) is 11.5 Å². The van der Waals surface area contributed by atoms with Crippen LogP contribution >= 0.6 is 63.7 Å². The van der Waals surface area contributed by atoms with Crippen molar-refractivity contribution in [3.63, 3.8) is 0 Å². The minimum Gasteiger partial charge on any atom is -0.506 e. The van der Waals surface area contributed by atoms with E-state index in [2.05, 4.69) is 109 Å². The fourth-order valence-electron chi connectivity index (χ4n) is 4.61. The Morgan fingerprint density at radius 3 is 1.69 bits per heavy atom. The quantitative estimate of drug-likeness (QED) is 0.346. The summed E-state index contributed by atoms with van der Waals surface area (Å²) in [6, 6.07) is 8.21. The maximum Gasteiger partial charge on any atom is 0.143 e. The number of halogens is 4. The van der Waals surface area contributed by atoms with Gasteiger partial charge in [-0.25, -0.2) is 0 Å². The summed E-state index contributed by atoms with van der Waals surface area (Å²) < 4.78 is 2.76. The minimum absolute atomic E-state index is 0.202. The van der Waals surface area contributed by atoms with Gasteiger partial charge in [0.2, 0.25) is 0 Å². The molecule has 1 atom stereocenters. The van der Waals surface area contributed by atoms with Crippen molar-refractivity contribution in [1.82, 2.24) is 0 Å². The van der Waals surface area contributed by atoms with Crippen molar-refractivity contribution in [3.05, 3.63) is 53.3 Å². The molecule has 0 spiro atoms. The zero-order valence-corrected chi connectivity index (χ0v) is 23.2. The lowest BCUT2D eigenvalue weighted by molar-refractivity contribution is 0.116. The van der Waals surface area contributed by atoms with E-state index in [-0.39, 0.29) is 22.3 Å². The summed E-state index contributed by atoms with van der Waals surface area (Å²) in [5, 5.41) is 20.6. The maximum absolute atomic E-state index is 10.3. The van der Waals surface area contributed by atoms with Gasteiger partial charge >= 0.3 is 0 Å². The summed E-state index contributed by atoms with van der Waals surface area (Å²) in [5.74, 6) is 1.02. The molecule has 0 aliphatic heterocycles. The molecule has 2 nitrogen and oxygen atoms in total. The summed E-state index contributed by atoms with van der Waals surface area (Å²) in [6.07, 6.45) is 5.56. The highest BCUT2D eigenvalue weighted by Gasteiger charge is 2.44.